The largest absolute Gasteiger partial charge is 0.443 e. The lowest BCUT2D eigenvalue weighted by molar-refractivity contribution is 0.0544. The number of carbonyl (C=O) groups is 1. The summed E-state index contributed by atoms with van der Waals surface area (Å²) in [5, 5.41) is 10.1. The lowest BCUT2D eigenvalue weighted by atomic mass is 9.83. The number of aromatic amines is 1. The lowest BCUT2D eigenvalue weighted by Crippen LogP contribution is -2.37. The first-order chi connectivity index (χ1) is 16.0. The van der Waals surface area contributed by atoms with E-state index in [9.17, 15) is 10.1 Å². The average molecular weight is 457 g/mol. The van der Waals surface area contributed by atoms with Crippen LogP contribution in [0.5, 0.6) is 0 Å². The van der Waals surface area contributed by atoms with Crippen molar-refractivity contribution in [3.8, 4) is 6.07 Å². The molecule has 5 rings (SSSR count). The second-order valence-corrected chi connectivity index (χ2v) is 10.4. The van der Waals surface area contributed by atoms with Crippen LogP contribution in [0.25, 0.3) is 22.1 Å². The first kappa shape index (κ1) is 22.1. The summed E-state index contributed by atoms with van der Waals surface area (Å²) in [5.74, 6) is 0.987. The third-order valence-electron chi connectivity index (χ3n) is 6.28. The molecule has 8 heteroatoms. The third-order valence-corrected chi connectivity index (χ3v) is 6.28. The van der Waals surface area contributed by atoms with E-state index in [-0.39, 0.29) is 0 Å². The van der Waals surface area contributed by atoms with Crippen molar-refractivity contribution < 1.29 is 9.53 Å². The summed E-state index contributed by atoms with van der Waals surface area (Å²) >= 11 is 0. The SMILES string of the molecule is Cc1cc(C2CC2)c(C(C)(N)c2nc3ncc(C#N)cc3[nH]2)c2ccn(C(=O)OC(C)(C)C)c12. The number of nitrogens with one attached hydrogen (secondary N) is 1. The molecule has 34 heavy (non-hydrogen) atoms. The predicted octanol–water partition coefficient (Wildman–Crippen LogP) is 4.98. The Morgan fingerprint density at radius 2 is 2.03 bits per heavy atom. The standard InChI is InChI=1S/C26H28N6O2/c1-14-10-18(16-6-7-16)20(17-8-9-32(21(14)17)24(33)34-25(2,3)4)26(5,28)23-30-19-11-15(12-27)13-29-22(19)31-23/h8-11,13,16H,6-7,28H2,1-5H3,(H,29,30,31). The van der Waals surface area contributed by atoms with Gasteiger partial charge in [0.05, 0.1) is 22.1 Å². The summed E-state index contributed by atoms with van der Waals surface area (Å²) in [7, 11) is 0. The van der Waals surface area contributed by atoms with Gasteiger partial charge in [-0.15, -0.1) is 0 Å². The smallest absolute Gasteiger partial charge is 0.418 e. The molecule has 1 aliphatic carbocycles. The minimum Gasteiger partial charge on any atom is -0.443 e. The Morgan fingerprint density at radius 3 is 2.68 bits per heavy atom. The topological polar surface area (TPSA) is 123 Å². The predicted molar refractivity (Wildman–Crippen MR) is 130 cm³/mol. The number of imidazole rings is 1. The van der Waals surface area contributed by atoms with Gasteiger partial charge in [-0.1, -0.05) is 6.07 Å². The van der Waals surface area contributed by atoms with Crippen LogP contribution >= 0.6 is 0 Å². The maximum Gasteiger partial charge on any atom is 0.418 e. The number of nitriles is 1. The summed E-state index contributed by atoms with van der Waals surface area (Å²) in [6.07, 6.45) is 5.04. The Balaban J connectivity index is 1.72. The van der Waals surface area contributed by atoms with Crippen LogP contribution in [-0.4, -0.2) is 31.2 Å². The van der Waals surface area contributed by atoms with Crippen molar-refractivity contribution in [2.45, 2.75) is 64.5 Å². The number of nitrogens with zero attached hydrogens (tertiary/aromatic N) is 4. The molecular weight excluding hydrogens is 428 g/mol. The quantitative estimate of drug-likeness (QED) is 0.448. The normalized spacial score (nSPS) is 15.9. The number of pyridine rings is 1. The van der Waals surface area contributed by atoms with Gasteiger partial charge in [-0.25, -0.2) is 14.8 Å². The molecule has 8 nitrogen and oxygen atoms in total. The van der Waals surface area contributed by atoms with Gasteiger partial charge >= 0.3 is 6.09 Å². The fourth-order valence-electron chi connectivity index (χ4n) is 4.65. The highest BCUT2D eigenvalue weighted by molar-refractivity contribution is 5.95. The zero-order valence-corrected chi connectivity index (χ0v) is 20.1. The van der Waals surface area contributed by atoms with E-state index in [0.717, 1.165) is 34.9 Å². The van der Waals surface area contributed by atoms with E-state index in [1.54, 1.807) is 16.8 Å². The molecular formula is C26H28N6O2. The summed E-state index contributed by atoms with van der Waals surface area (Å²) in [5.41, 5.74) is 11.0. The lowest BCUT2D eigenvalue weighted by Gasteiger charge is -2.28. The minimum atomic E-state index is -0.989. The molecule has 4 aromatic rings. The Morgan fingerprint density at radius 1 is 1.29 bits per heavy atom. The van der Waals surface area contributed by atoms with Gasteiger partial charge in [-0.3, -0.25) is 4.57 Å². The van der Waals surface area contributed by atoms with Gasteiger partial charge in [-0.2, -0.15) is 5.26 Å². The number of hydrogen-bond donors (Lipinski definition) is 2. The fraction of sp³-hybridized carbons (Fsp3) is 0.385. The average Bonchev–Trinajstić information content (AvgIpc) is 3.35. The Hall–Kier alpha value is -3.70. The van der Waals surface area contributed by atoms with Crippen LogP contribution in [0.2, 0.25) is 0 Å². The highest BCUT2D eigenvalue weighted by Gasteiger charge is 2.38. The maximum atomic E-state index is 13.0. The van der Waals surface area contributed by atoms with Crippen molar-refractivity contribution in [1.82, 2.24) is 19.5 Å². The Bertz CT molecular complexity index is 1490. The summed E-state index contributed by atoms with van der Waals surface area (Å²) in [6, 6.07) is 7.91. The van der Waals surface area contributed by atoms with Crippen LogP contribution in [0, 0.1) is 18.3 Å². The first-order valence-corrected chi connectivity index (χ1v) is 11.4. The van der Waals surface area contributed by atoms with Gasteiger partial charge in [0.25, 0.3) is 0 Å². The van der Waals surface area contributed by atoms with Crippen molar-refractivity contribution in [3.05, 3.63) is 58.7 Å². The molecule has 0 bridgehead atoms. The number of H-pyrrole nitrogens is 1. The van der Waals surface area contributed by atoms with E-state index < -0.39 is 17.2 Å². The molecule has 1 atom stereocenters. The van der Waals surface area contributed by atoms with Crippen LogP contribution in [0.1, 0.15) is 74.5 Å². The molecule has 1 saturated carbocycles. The molecule has 0 radical (unpaired) electrons. The number of fused-ring (bicyclic) bond motifs is 2. The van der Waals surface area contributed by atoms with Crippen molar-refractivity contribution in [3.63, 3.8) is 0 Å². The highest BCUT2D eigenvalue weighted by Crippen LogP contribution is 2.48. The van der Waals surface area contributed by atoms with Crippen LogP contribution in [0.3, 0.4) is 0 Å². The first-order valence-electron chi connectivity index (χ1n) is 11.4. The molecule has 1 unspecified atom stereocenters. The van der Waals surface area contributed by atoms with Gasteiger partial charge in [0.1, 0.15) is 17.5 Å². The number of ether oxygens (including phenoxy) is 1. The third kappa shape index (κ3) is 3.62. The fourth-order valence-corrected chi connectivity index (χ4v) is 4.65. The monoisotopic (exact) mass is 456 g/mol. The van der Waals surface area contributed by atoms with Crippen LogP contribution < -0.4 is 5.73 Å². The summed E-state index contributed by atoms with van der Waals surface area (Å²) in [4.78, 5) is 25.3. The number of hydrogen-bond acceptors (Lipinski definition) is 6. The van der Waals surface area contributed by atoms with Crippen molar-refractivity contribution in [2.24, 2.45) is 5.73 Å². The van der Waals surface area contributed by atoms with Crippen LogP contribution in [0.4, 0.5) is 4.79 Å². The van der Waals surface area contributed by atoms with Gasteiger partial charge in [0.2, 0.25) is 0 Å². The molecule has 3 aromatic heterocycles. The molecule has 0 saturated heterocycles. The second-order valence-electron chi connectivity index (χ2n) is 10.4. The number of carbonyl (C=O) groups excluding carboxylic acids is 1. The molecule has 1 fully saturated rings. The van der Waals surface area contributed by atoms with Gasteiger partial charge < -0.3 is 15.5 Å². The van der Waals surface area contributed by atoms with Crippen molar-refractivity contribution in [1.29, 1.82) is 5.26 Å². The number of aryl methyl sites for hydroxylation is 1. The molecule has 174 valence electrons. The maximum absolute atomic E-state index is 13.0. The molecule has 3 N–H and O–H groups in total. The van der Waals surface area contributed by atoms with Crippen molar-refractivity contribution in [2.75, 3.05) is 0 Å². The molecule has 0 spiro atoms. The molecule has 0 aliphatic heterocycles. The van der Waals surface area contributed by atoms with Crippen molar-refractivity contribution >= 4 is 28.2 Å². The van der Waals surface area contributed by atoms with Gasteiger partial charge in [0.15, 0.2) is 5.65 Å². The van der Waals surface area contributed by atoms with E-state index in [0.29, 0.717) is 28.5 Å². The van der Waals surface area contributed by atoms with Gasteiger partial charge in [-0.05, 0) is 82.2 Å². The zero-order valence-electron chi connectivity index (χ0n) is 20.1. The zero-order chi connectivity index (χ0) is 24.4. The number of benzene rings is 1. The highest BCUT2D eigenvalue weighted by atomic mass is 16.6. The van der Waals surface area contributed by atoms with E-state index >= 15 is 0 Å². The molecule has 1 aromatic carbocycles. The van der Waals surface area contributed by atoms with E-state index in [2.05, 4.69) is 27.1 Å². The van der Waals surface area contributed by atoms with E-state index in [1.165, 1.54) is 11.8 Å². The number of nitrogens with two attached hydrogens (primary N) is 1. The van der Waals surface area contributed by atoms with E-state index in [4.69, 9.17) is 10.5 Å². The second kappa shape index (κ2) is 7.40. The number of aromatic nitrogens is 4. The molecule has 0 amide bonds. The Labute approximate surface area is 197 Å². The van der Waals surface area contributed by atoms with E-state index in [1.807, 2.05) is 40.7 Å². The number of rotatable bonds is 3. The summed E-state index contributed by atoms with van der Waals surface area (Å²) < 4.78 is 7.21. The molecule has 3 heterocycles. The minimum absolute atomic E-state index is 0.425. The van der Waals surface area contributed by atoms with Crippen LogP contribution in [-0.2, 0) is 10.3 Å². The van der Waals surface area contributed by atoms with Crippen LogP contribution in [0.15, 0.2) is 30.6 Å². The Kier molecular flexibility index (Phi) is 4.81. The summed E-state index contributed by atoms with van der Waals surface area (Å²) in [6.45, 7) is 9.50. The molecule has 1 aliphatic rings. The van der Waals surface area contributed by atoms with Gasteiger partial charge in [0, 0.05) is 17.8 Å².